The minimum Gasteiger partial charge on any atom is -0.381 e. The van der Waals surface area contributed by atoms with Gasteiger partial charge in [0, 0.05) is 51.1 Å². The fraction of sp³-hybridized carbons (Fsp3) is 0.682. The molecule has 3 rings (SSSR count). The molecule has 1 unspecified atom stereocenters. The molecule has 2 aliphatic heterocycles. The van der Waals surface area contributed by atoms with E-state index in [1.807, 2.05) is 7.05 Å². The number of guanidine groups is 1. The summed E-state index contributed by atoms with van der Waals surface area (Å²) >= 11 is 0. The molecular formula is C22H38IN5O. The van der Waals surface area contributed by atoms with Crippen molar-refractivity contribution in [2.24, 2.45) is 4.99 Å². The van der Waals surface area contributed by atoms with Crippen LogP contribution in [0.2, 0.25) is 0 Å². The van der Waals surface area contributed by atoms with Crippen molar-refractivity contribution in [3.63, 3.8) is 0 Å². The van der Waals surface area contributed by atoms with Crippen molar-refractivity contribution in [2.75, 3.05) is 58.9 Å². The Morgan fingerprint density at radius 3 is 2.55 bits per heavy atom. The summed E-state index contributed by atoms with van der Waals surface area (Å²) in [4.78, 5) is 9.28. The number of aliphatic imine (C=N–C) groups is 1. The average molecular weight is 515 g/mol. The van der Waals surface area contributed by atoms with Gasteiger partial charge in [-0.2, -0.15) is 0 Å². The van der Waals surface area contributed by atoms with Gasteiger partial charge < -0.3 is 25.2 Å². The smallest absolute Gasteiger partial charge is 0.191 e. The molecule has 0 spiro atoms. The van der Waals surface area contributed by atoms with Gasteiger partial charge in [-0.25, -0.2) is 0 Å². The van der Waals surface area contributed by atoms with Crippen LogP contribution < -0.4 is 15.5 Å². The number of hydrogen-bond donors (Lipinski definition) is 2. The van der Waals surface area contributed by atoms with Crippen LogP contribution >= 0.6 is 24.0 Å². The maximum absolute atomic E-state index is 5.58. The predicted molar refractivity (Wildman–Crippen MR) is 133 cm³/mol. The molecule has 1 aromatic carbocycles. The Morgan fingerprint density at radius 1 is 1.24 bits per heavy atom. The van der Waals surface area contributed by atoms with Gasteiger partial charge in [0.25, 0.3) is 0 Å². The van der Waals surface area contributed by atoms with Gasteiger partial charge in [-0.05, 0) is 64.4 Å². The first-order valence-corrected chi connectivity index (χ1v) is 10.6. The van der Waals surface area contributed by atoms with Crippen molar-refractivity contribution in [1.29, 1.82) is 0 Å². The maximum Gasteiger partial charge on any atom is 0.191 e. The predicted octanol–water partition coefficient (Wildman–Crippen LogP) is 3.24. The van der Waals surface area contributed by atoms with Crippen LogP contribution in [0.4, 0.5) is 5.69 Å². The minimum atomic E-state index is 0. The molecular weight excluding hydrogens is 477 g/mol. The quantitative estimate of drug-likeness (QED) is 0.346. The standard InChI is InChI=1S/C22H37N5O.HI/c1-18(19-8-7-9-20(16-19)27-12-5-6-13-27)25-21(23-2)24-17-22(26(3)4)10-14-28-15-11-22;/h7-9,16,18H,5-6,10-15,17H2,1-4H3,(H2,23,24,25);1H. The molecule has 29 heavy (non-hydrogen) atoms. The molecule has 164 valence electrons. The van der Waals surface area contributed by atoms with E-state index in [1.165, 1.54) is 37.2 Å². The fourth-order valence-corrected chi connectivity index (χ4v) is 4.23. The third-order valence-electron chi connectivity index (χ3n) is 6.38. The first-order chi connectivity index (χ1) is 13.5. The van der Waals surface area contributed by atoms with Gasteiger partial charge in [-0.15, -0.1) is 24.0 Å². The van der Waals surface area contributed by atoms with Crippen molar-refractivity contribution in [3.8, 4) is 0 Å². The summed E-state index contributed by atoms with van der Waals surface area (Å²) in [6.45, 7) is 7.06. The fourth-order valence-electron chi connectivity index (χ4n) is 4.23. The van der Waals surface area contributed by atoms with Crippen LogP contribution in [0.5, 0.6) is 0 Å². The summed E-state index contributed by atoms with van der Waals surface area (Å²) in [5, 5.41) is 7.13. The lowest BCUT2D eigenvalue weighted by Gasteiger charge is -2.43. The van der Waals surface area contributed by atoms with E-state index in [0.29, 0.717) is 0 Å². The van der Waals surface area contributed by atoms with Crippen LogP contribution in [0.1, 0.15) is 44.2 Å². The van der Waals surface area contributed by atoms with Crippen LogP contribution in [0.15, 0.2) is 29.3 Å². The van der Waals surface area contributed by atoms with E-state index >= 15 is 0 Å². The Labute approximate surface area is 193 Å². The van der Waals surface area contributed by atoms with E-state index in [0.717, 1.165) is 38.6 Å². The highest BCUT2D eigenvalue weighted by Crippen LogP contribution is 2.26. The van der Waals surface area contributed by atoms with Crippen LogP contribution in [-0.2, 0) is 4.74 Å². The minimum absolute atomic E-state index is 0. The highest BCUT2D eigenvalue weighted by atomic mass is 127. The molecule has 2 fully saturated rings. The third kappa shape index (κ3) is 6.21. The largest absolute Gasteiger partial charge is 0.381 e. The zero-order valence-corrected chi connectivity index (χ0v) is 20.7. The van der Waals surface area contributed by atoms with Crippen LogP contribution in [0.25, 0.3) is 0 Å². The van der Waals surface area contributed by atoms with Crippen LogP contribution in [-0.4, -0.2) is 70.4 Å². The third-order valence-corrected chi connectivity index (χ3v) is 6.38. The highest BCUT2D eigenvalue weighted by molar-refractivity contribution is 14.0. The van der Waals surface area contributed by atoms with Gasteiger partial charge in [0.1, 0.15) is 0 Å². The van der Waals surface area contributed by atoms with Gasteiger partial charge >= 0.3 is 0 Å². The number of likely N-dealkylation sites (N-methyl/N-ethyl adjacent to an activating group) is 1. The second-order valence-corrected chi connectivity index (χ2v) is 8.31. The topological polar surface area (TPSA) is 52.1 Å². The first kappa shape index (κ1) is 24.2. The van der Waals surface area contributed by atoms with Gasteiger partial charge in [0.15, 0.2) is 5.96 Å². The van der Waals surface area contributed by atoms with E-state index in [4.69, 9.17) is 4.74 Å². The second-order valence-electron chi connectivity index (χ2n) is 8.31. The maximum atomic E-state index is 5.58. The van der Waals surface area contributed by atoms with Crippen LogP contribution in [0, 0.1) is 0 Å². The Bertz CT molecular complexity index is 654. The zero-order valence-electron chi connectivity index (χ0n) is 18.4. The summed E-state index contributed by atoms with van der Waals surface area (Å²) in [6.07, 6.45) is 4.68. The lowest BCUT2D eigenvalue weighted by Crippen LogP contribution is -2.57. The first-order valence-electron chi connectivity index (χ1n) is 10.6. The normalized spacial score (nSPS) is 20.3. The van der Waals surface area contributed by atoms with E-state index in [-0.39, 0.29) is 35.6 Å². The molecule has 2 aliphatic rings. The Morgan fingerprint density at radius 2 is 1.93 bits per heavy atom. The van der Waals surface area contributed by atoms with Crippen molar-refractivity contribution in [1.82, 2.24) is 15.5 Å². The highest BCUT2D eigenvalue weighted by Gasteiger charge is 2.34. The van der Waals surface area contributed by atoms with E-state index < -0.39 is 0 Å². The van der Waals surface area contributed by atoms with Gasteiger partial charge in [-0.3, -0.25) is 4.99 Å². The number of benzene rings is 1. The number of rotatable bonds is 6. The molecule has 0 aromatic heterocycles. The second kappa shape index (κ2) is 11.4. The summed E-state index contributed by atoms with van der Waals surface area (Å²) in [6, 6.07) is 9.10. The van der Waals surface area contributed by atoms with Crippen molar-refractivity contribution in [3.05, 3.63) is 29.8 Å². The Kier molecular flexibility index (Phi) is 9.49. The number of nitrogens with one attached hydrogen (secondary N) is 2. The molecule has 1 aromatic rings. The molecule has 7 heteroatoms. The van der Waals surface area contributed by atoms with Crippen molar-refractivity contribution < 1.29 is 4.74 Å². The molecule has 0 bridgehead atoms. The molecule has 2 saturated heterocycles. The number of hydrogen-bond acceptors (Lipinski definition) is 4. The molecule has 0 aliphatic carbocycles. The molecule has 2 N–H and O–H groups in total. The van der Waals surface area contributed by atoms with Crippen molar-refractivity contribution in [2.45, 2.75) is 44.2 Å². The molecule has 6 nitrogen and oxygen atoms in total. The van der Waals surface area contributed by atoms with E-state index in [1.54, 1.807) is 0 Å². The van der Waals surface area contributed by atoms with Gasteiger partial charge in [0.05, 0.1) is 6.04 Å². The SMILES string of the molecule is CN=C(NCC1(N(C)C)CCOCC1)NC(C)c1cccc(N2CCCC2)c1.I. The van der Waals surface area contributed by atoms with E-state index in [2.05, 4.69) is 70.7 Å². The summed E-state index contributed by atoms with van der Waals surface area (Å²) < 4.78 is 5.58. The number of nitrogens with zero attached hydrogens (tertiary/aromatic N) is 3. The molecule has 2 heterocycles. The number of halogens is 1. The van der Waals surface area contributed by atoms with Gasteiger partial charge in [0.2, 0.25) is 0 Å². The zero-order chi connectivity index (χ0) is 20.0. The molecule has 1 atom stereocenters. The summed E-state index contributed by atoms with van der Waals surface area (Å²) in [7, 11) is 6.17. The molecule has 0 saturated carbocycles. The monoisotopic (exact) mass is 515 g/mol. The molecule has 0 amide bonds. The number of ether oxygens (including phenoxy) is 1. The van der Waals surface area contributed by atoms with Crippen molar-refractivity contribution >= 4 is 35.6 Å². The lowest BCUT2D eigenvalue weighted by molar-refractivity contribution is -0.00502. The average Bonchev–Trinajstić information content (AvgIpc) is 3.26. The van der Waals surface area contributed by atoms with Gasteiger partial charge in [-0.1, -0.05) is 12.1 Å². The number of anilines is 1. The van der Waals surface area contributed by atoms with Crippen LogP contribution in [0.3, 0.4) is 0 Å². The van der Waals surface area contributed by atoms with E-state index in [9.17, 15) is 0 Å². The molecule has 0 radical (unpaired) electrons. The Balaban J connectivity index is 0.00000300. The summed E-state index contributed by atoms with van der Waals surface area (Å²) in [5.41, 5.74) is 2.75. The summed E-state index contributed by atoms with van der Waals surface area (Å²) in [5.74, 6) is 0.854. The lowest BCUT2D eigenvalue weighted by atomic mass is 9.88. The Hall–Kier alpha value is -1.06.